The van der Waals surface area contributed by atoms with Gasteiger partial charge in [0.1, 0.15) is 23.2 Å². The van der Waals surface area contributed by atoms with Gasteiger partial charge in [0.2, 0.25) is 0 Å². The van der Waals surface area contributed by atoms with E-state index in [-0.39, 0.29) is 0 Å². The van der Waals surface area contributed by atoms with E-state index in [1.807, 2.05) is 0 Å². The van der Waals surface area contributed by atoms with E-state index in [9.17, 15) is 0 Å². The Hall–Kier alpha value is -1.88. The predicted octanol–water partition coefficient (Wildman–Crippen LogP) is 8.29. The topological polar surface area (TPSA) is 0 Å². The van der Waals surface area contributed by atoms with Crippen LogP contribution in [0.4, 0.5) is 0 Å². The zero-order valence-corrected chi connectivity index (χ0v) is 21.6. The maximum absolute atomic E-state index is 5.75. The molecular formula is C31H39ClP+. The standard InChI is InChI=1S/C31H39ClP/c32-27-19-8-6-4-2-1-3-5-7-9-20-28-33(29-21-13-10-14-22-29,30-23-15-11-16-24-30)31-25-17-12-18-26-31/h9-18,20-26H,1-8,19,27-28H2/q+1. The summed E-state index contributed by atoms with van der Waals surface area (Å²) in [6, 6.07) is 33.5. The zero-order chi connectivity index (χ0) is 23.0. The Kier molecular flexibility index (Phi) is 11.8. The average Bonchev–Trinajstić information content (AvgIpc) is 2.89. The molecule has 0 N–H and O–H groups in total. The second-order valence-corrected chi connectivity index (χ2v) is 12.7. The number of allylic oxidation sites excluding steroid dienone is 2. The Morgan fingerprint density at radius 2 is 0.879 bits per heavy atom. The molecule has 0 heterocycles. The van der Waals surface area contributed by atoms with Crippen molar-refractivity contribution in [1.82, 2.24) is 0 Å². The maximum Gasteiger partial charge on any atom is 0.115 e. The molecular weight excluding hydrogens is 439 g/mol. The van der Waals surface area contributed by atoms with Gasteiger partial charge in [-0.1, -0.05) is 105 Å². The lowest BCUT2D eigenvalue weighted by molar-refractivity contribution is 0.578. The number of hydrogen-bond acceptors (Lipinski definition) is 0. The third kappa shape index (κ3) is 7.84. The van der Waals surface area contributed by atoms with E-state index in [2.05, 4.69) is 103 Å². The summed E-state index contributed by atoms with van der Waals surface area (Å²) in [7, 11) is -1.73. The fraction of sp³-hybridized carbons (Fsp3) is 0.355. The van der Waals surface area contributed by atoms with Crippen molar-refractivity contribution in [2.24, 2.45) is 0 Å². The van der Waals surface area contributed by atoms with Crippen LogP contribution in [0.3, 0.4) is 0 Å². The number of halogens is 1. The van der Waals surface area contributed by atoms with Crippen LogP contribution in [0.1, 0.15) is 57.8 Å². The van der Waals surface area contributed by atoms with E-state index in [4.69, 9.17) is 11.6 Å². The van der Waals surface area contributed by atoms with Crippen molar-refractivity contribution in [2.75, 3.05) is 12.0 Å². The van der Waals surface area contributed by atoms with Crippen molar-refractivity contribution < 1.29 is 0 Å². The summed E-state index contributed by atoms with van der Waals surface area (Å²) in [5.74, 6) is 0.814. The van der Waals surface area contributed by atoms with E-state index in [0.717, 1.165) is 12.0 Å². The molecule has 2 heteroatoms. The molecule has 0 saturated heterocycles. The van der Waals surface area contributed by atoms with Gasteiger partial charge in [0.15, 0.2) is 0 Å². The first-order chi connectivity index (χ1) is 16.4. The number of benzene rings is 3. The molecule has 3 rings (SSSR count). The summed E-state index contributed by atoms with van der Waals surface area (Å²) >= 11 is 5.75. The zero-order valence-electron chi connectivity index (χ0n) is 19.9. The Labute approximate surface area is 207 Å². The molecule has 0 aliphatic rings. The second kappa shape index (κ2) is 15.1. The number of rotatable bonds is 15. The van der Waals surface area contributed by atoms with Gasteiger partial charge in [-0.3, -0.25) is 0 Å². The third-order valence-corrected chi connectivity index (χ3v) is 11.0. The maximum atomic E-state index is 5.75. The van der Waals surface area contributed by atoms with Crippen molar-refractivity contribution in [3.8, 4) is 0 Å². The quantitative estimate of drug-likeness (QED) is 0.0893. The van der Waals surface area contributed by atoms with Crippen LogP contribution in [0.25, 0.3) is 0 Å². The Balaban J connectivity index is 1.65. The molecule has 0 unspecified atom stereocenters. The summed E-state index contributed by atoms with van der Waals surface area (Å²) in [5.41, 5.74) is 0. The second-order valence-electron chi connectivity index (χ2n) is 8.78. The first kappa shape index (κ1) is 25.7. The fourth-order valence-corrected chi connectivity index (χ4v) is 8.80. The average molecular weight is 478 g/mol. The normalized spacial score (nSPS) is 11.8. The van der Waals surface area contributed by atoms with Crippen molar-refractivity contribution in [1.29, 1.82) is 0 Å². The van der Waals surface area contributed by atoms with Gasteiger partial charge in [-0.25, -0.2) is 0 Å². The van der Waals surface area contributed by atoms with Gasteiger partial charge in [0, 0.05) is 5.88 Å². The SMILES string of the molecule is ClCCCCCCCCCCC=CC[P+](c1ccccc1)(c1ccccc1)c1ccccc1. The number of hydrogen-bond donors (Lipinski definition) is 0. The van der Waals surface area contributed by atoms with Crippen LogP contribution < -0.4 is 15.9 Å². The highest BCUT2D eigenvalue weighted by atomic mass is 35.5. The number of alkyl halides is 1. The molecule has 0 atom stereocenters. The summed E-state index contributed by atoms with van der Waals surface area (Å²) < 4.78 is 0. The molecule has 174 valence electrons. The molecule has 0 aliphatic carbocycles. The molecule has 0 spiro atoms. The highest BCUT2D eigenvalue weighted by Crippen LogP contribution is 2.55. The first-order valence-corrected chi connectivity index (χ1v) is 15.1. The molecule has 3 aromatic rings. The lowest BCUT2D eigenvalue weighted by Gasteiger charge is -2.26. The van der Waals surface area contributed by atoms with Gasteiger partial charge < -0.3 is 0 Å². The molecule has 0 saturated carbocycles. The van der Waals surface area contributed by atoms with Crippen molar-refractivity contribution in [2.45, 2.75) is 57.8 Å². The van der Waals surface area contributed by atoms with E-state index < -0.39 is 7.26 Å². The van der Waals surface area contributed by atoms with Crippen LogP contribution in [-0.2, 0) is 0 Å². The summed E-state index contributed by atoms with van der Waals surface area (Å²) in [4.78, 5) is 0. The summed E-state index contributed by atoms with van der Waals surface area (Å²) in [5, 5.41) is 4.38. The van der Waals surface area contributed by atoms with E-state index >= 15 is 0 Å². The molecule has 33 heavy (non-hydrogen) atoms. The first-order valence-electron chi connectivity index (χ1n) is 12.6. The van der Waals surface area contributed by atoms with Crippen LogP contribution in [-0.4, -0.2) is 12.0 Å². The lowest BCUT2D eigenvalue weighted by atomic mass is 10.1. The van der Waals surface area contributed by atoms with Crippen LogP contribution >= 0.6 is 18.9 Å². The van der Waals surface area contributed by atoms with Gasteiger partial charge >= 0.3 is 0 Å². The van der Waals surface area contributed by atoms with E-state index in [0.29, 0.717) is 0 Å². The summed E-state index contributed by atoms with van der Waals surface area (Å²) in [6.07, 6.45) is 17.7. The van der Waals surface area contributed by atoms with Crippen molar-refractivity contribution >= 4 is 34.8 Å². The van der Waals surface area contributed by atoms with E-state index in [1.54, 1.807) is 0 Å². The predicted molar refractivity (Wildman–Crippen MR) is 151 cm³/mol. The fourth-order valence-electron chi connectivity index (χ4n) is 4.58. The third-order valence-electron chi connectivity index (χ3n) is 6.39. The van der Waals surface area contributed by atoms with Gasteiger partial charge in [0.25, 0.3) is 0 Å². The minimum absolute atomic E-state index is 0.814. The minimum Gasteiger partial charge on any atom is -0.127 e. The van der Waals surface area contributed by atoms with Gasteiger partial charge in [0.05, 0.1) is 6.16 Å². The lowest BCUT2D eigenvalue weighted by Crippen LogP contribution is -2.32. The Morgan fingerprint density at radius 1 is 0.485 bits per heavy atom. The molecule has 0 aliphatic heterocycles. The molecule has 0 fully saturated rings. The van der Waals surface area contributed by atoms with Gasteiger partial charge in [-0.15, -0.1) is 11.6 Å². The van der Waals surface area contributed by atoms with Crippen molar-refractivity contribution in [3.63, 3.8) is 0 Å². The van der Waals surface area contributed by atoms with Crippen LogP contribution in [0, 0.1) is 0 Å². The monoisotopic (exact) mass is 477 g/mol. The largest absolute Gasteiger partial charge is 0.127 e. The number of unbranched alkanes of at least 4 members (excludes halogenated alkanes) is 8. The molecule has 0 nitrogen and oxygen atoms in total. The van der Waals surface area contributed by atoms with Gasteiger partial charge in [-0.2, -0.15) is 0 Å². The van der Waals surface area contributed by atoms with Crippen LogP contribution in [0.5, 0.6) is 0 Å². The minimum atomic E-state index is -1.73. The molecule has 0 bridgehead atoms. The van der Waals surface area contributed by atoms with Crippen LogP contribution in [0.15, 0.2) is 103 Å². The molecule has 0 radical (unpaired) electrons. The molecule has 0 amide bonds. The smallest absolute Gasteiger partial charge is 0.115 e. The van der Waals surface area contributed by atoms with Gasteiger partial charge in [-0.05, 0) is 55.7 Å². The van der Waals surface area contributed by atoms with Crippen molar-refractivity contribution in [3.05, 3.63) is 103 Å². The molecule has 0 aromatic heterocycles. The summed E-state index contributed by atoms with van der Waals surface area (Å²) in [6.45, 7) is 0. The highest BCUT2D eigenvalue weighted by Gasteiger charge is 2.43. The highest BCUT2D eigenvalue weighted by molar-refractivity contribution is 7.95. The van der Waals surface area contributed by atoms with E-state index in [1.165, 1.54) is 73.7 Å². The Bertz CT molecular complexity index is 809. The molecule has 3 aromatic carbocycles. The van der Waals surface area contributed by atoms with Crippen LogP contribution in [0.2, 0.25) is 0 Å². The Morgan fingerprint density at radius 3 is 1.30 bits per heavy atom.